The zero-order valence-electron chi connectivity index (χ0n) is 11.3. The number of rotatable bonds is 4. The second kappa shape index (κ2) is 6.67. The van der Waals surface area contributed by atoms with Crippen LogP contribution < -0.4 is 4.74 Å². The van der Waals surface area contributed by atoms with E-state index < -0.39 is 9.84 Å². The fourth-order valence-electron chi connectivity index (χ4n) is 2.50. The van der Waals surface area contributed by atoms with E-state index in [1.807, 2.05) is 18.2 Å². The molecule has 1 aromatic rings. The second-order valence-electron chi connectivity index (χ2n) is 5.26. The molecule has 0 heterocycles. The molecule has 0 saturated heterocycles. The van der Waals surface area contributed by atoms with Crippen molar-refractivity contribution in [3.05, 3.63) is 28.2 Å². The SMILES string of the molecule is CS(=O)(=O)C1CCCC(Oc2ccc(CCl)cc2Br)C1. The van der Waals surface area contributed by atoms with E-state index in [1.165, 1.54) is 6.26 Å². The van der Waals surface area contributed by atoms with Crippen LogP contribution in [0.2, 0.25) is 0 Å². The van der Waals surface area contributed by atoms with Crippen LogP contribution in [0.4, 0.5) is 0 Å². The molecule has 2 rings (SSSR count). The summed E-state index contributed by atoms with van der Waals surface area (Å²) < 4.78 is 30.1. The van der Waals surface area contributed by atoms with Gasteiger partial charge in [0.05, 0.1) is 9.72 Å². The Morgan fingerprint density at radius 1 is 1.40 bits per heavy atom. The molecule has 0 radical (unpaired) electrons. The van der Waals surface area contributed by atoms with Gasteiger partial charge in [0.2, 0.25) is 0 Å². The van der Waals surface area contributed by atoms with Crippen LogP contribution in [-0.2, 0) is 15.7 Å². The molecule has 1 fully saturated rings. The van der Waals surface area contributed by atoms with Gasteiger partial charge in [-0.2, -0.15) is 0 Å². The minimum Gasteiger partial charge on any atom is -0.489 e. The highest BCUT2D eigenvalue weighted by Gasteiger charge is 2.30. The van der Waals surface area contributed by atoms with Crippen molar-refractivity contribution in [2.45, 2.75) is 42.9 Å². The standard InChI is InChI=1S/C14H18BrClO3S/c1-20(17,18)12-4-2-3-11(8-12)19-14-6-5-10(9-16)7-13(14)15/h5-7,11-12H,2-4,8-9H2,1H3. The molecule has 0 aromatic heterocycles. The highest BCUT2D eigenvalue weighted by atomic mass is 79.9. The molecule has 112 valence electrons. The van der Waals surface area contributed by atoms with Crippen molar-refractivity contribution in [2.24, 2.45) is 0 Å². The van der Waals surface area contributed by atoms with E-state index in [2.05, 4.69) is 15.9 Å². The van der Waals surface area contributed by atoms with Crippen molar-refractivity contribution >= 4 is 37.4 Å². The summed E-state index contributed by atoms with van der Waals surface area (Å²) in [5.74, 6) is 1.20. The Morgan fingerprint density at radius 3 is 2.75 bits per heavy atom. The summed E-state index contributed by atoms with van der Waals surface area (Å²) in [6, 6.07) is 5.73. The van der Waals surface area contributed by atoms with E-state index in [0.29, 0.717) is 12.3 Å². The van der Waals surface area contributed by atoms with Crippen molar-refractivity contribution in [1.82, 2.24) is 0 Å². The molecule has 1 aliphatic carbocycles. The molecule has 20 heavy (non-hydrogen) atoms. The molecule has 6 heteroatoms. The lowest BCUT2D eigenvalue weighted by atomic mass is 9.97. The van der Waals surface area contributed by atoms with Crippen LogP contribution in [0.25, 0.3) is 0 Å². The zero-order chi connectivity index (χ0) is 14.8. The number of halogens is 2. The predicted molar refractivity (Wildman–Crippen MR) is 85.2 cm³/mol. The Labute approximate surface area is 133 Å². The molecule has 1 saturated carbocycles. The third-order valence-electron chi connectivity index (χ3n) is 3.63. The smallest absolute Gasteiger partial charge is 0.150 e. The summed E-state index contributed by atoms with van der Waals surface area (Å²) in [4.78, 5) is 0. The Bertz CT molecular complexity index is 574. The molecule has 2 atom stereocenters. The van der Waals surface area contributed by atoms with Crippen LogP contribution in [0.15, 0.2) is 22.7 Å². The van der Waals surface area contributed by atoms with E-state index in [4.69, 9.17) is 16.3 Å². The maximum Gasteiger partial charge on any atom is 0.150 e. The van der Waals surface area contributed by atoms with E-state index in [0.717, 1.165) is 35.0 Å². The predicted octanol–water partition coefficient (Wildman–Crippen LogP) is 3.92. The fraction of sp³-hybridized carbons (Fsp3) is 0.571. The lowest BCUT2D eigenvalue weighted by Crippen LogP contribution is -2.33. The summed E-state index contributed by atoms with van der Waals surface area (Å²) in [6.07, 6.45) is 4.37. The van der Waals surface area contributed by atoms with Gasteiger partial charge >= 0.3 is 0 Å². The van der Waals surface area contributed by atoms with Gasteiger partial charge < -0.3 is 4.74 Å². The number of alkyl halides is 1. The van der Waals surface area contributed by atoms with Crippen molar-refractivity contribution in [2.75, 3.05) is 6.26 Å². The monoisotopic (exact) mass is 380 g/mol. The number of hydrogen-bond acceptors (Lipinski definition) is 3. The maximum absolute atomic E-state index is 11.7. The van der Waals surface area contributed by atoms with E-state index >= 15 is 0 Å². The van der Waals surface area contributed by atoms with Gasteiger partial charge in [0, 0.05) is 18.6 Å². The second-order valence-corrected chi connectivity index (χ2v) is 8.70. The Kier molecular flexibility index (Phi) is 5.37. The highest BCUT2D eigenvalue weighted by molar-refractivity contribution is 9.10. The Hall–Kier alpha value is -0.260. The molecule has 0 amide bonds. The van der Waals surface area contributed by atoms with Gasteiger partial charge in [-0.25, -0.2) is 8.42 Å². The van der Waals surface area contributed by atoms with Gasteiger partial charge in [-0.1, -0.05) is 6.07 Å². The largest absolute Gasteiger partial charge is 0.489 e. The molecule has 2 unspecified atom stereocenters. The third kappa shape index (κ3) is 4.12. The molecule has 3 nitrogen and oxygen atoms in total. The highest BCUT2D eigenvalue weighted by Crippen LogP contribution is 2.32. The van der Waals surface area contributed by atoms with Crippen LogP contribution in [-0.4, -0.2) is 26.0 Å². The first-order valence-corrected chi connectivity index (χ1v) is 9.88. The first kappa shape index (κ1) is 16.1. The molecular formula is C14H18BrClO3S. The quantitative estimate of drug-likeness (QED) is 0.742. The Morgan fingerprint density at radius 2 is 2.15 bits per heavy atom. The summed E-state index contributed by atoms with van der Waals surface area (Å²) >= 11 is 9.25. The molecule has 0 N–H and O–H groups in total. The minimum absolute atomic E-state index is 0.0402. The molecule has 0 spiro atoms. The minimum atomic E-state index is -2.98. The summed E-state index contributed by atoms with van der Waals surface area (Å²) in [5.41, 5.74) is 1.02. The number of benzene rings is 1. The van der Waals surface area contributed by atoms with Crippen molar-refractivity contribution in [3.8, 4) is 5.75 Å². The van der Waals surface area contributed by atoms with E-state index in [1.54, 1.807) is 0 Å². The molecule has 0 bridgehead atoms. The molecule has 0 aliphatic heterocycles. The van der Waals surface area contributed by atoms with E-state index in [-0.39, 0.29) is 11.4 Å². The van der Waals surface area contributed by atoms with E-state index in [9.17, 15) is 8.42 Å². The maximum atomic E-state index is 11.7. The Balaban J connectivity index is 2.06. The van der Waals surface area contributed by atoms with Crippen LogP contribution in [0.5, 0.6) is 5.75 Å². The van der Waals surface area contributed by atoms with Crippen LogP contribution in [0.1, 0.15) is 31.2 Å². The average molecular weight is 382 g/mol. The van der Waals surface area contributed by atoms with Crippen molar-refractivity contribution in [1.29, 1.82) is 0 Å². The van der Waals surface area contributed by atoms with Crippen LogP contribution >= 0.6 is 27.5 Å². The normalized spacial score (nSPS) is 23.6. The summed E-state index contributed by atoms with van der Waals surface area (Å²) in [7, 11) is -2.98. The van der Waals surface area contributed by atoms with Crippen molar-refractivity contribution in [3.63, 3.8) is 0 Å². The lowest BCUT2D eigenvalue weighted by Gasteiger charge is -2.28. The fourth-order valence-corrected chi connectivity index (χ4v) is 4.35. The number of hydrogen-bond donors (Lipinski definition) is 0. The third-order valence-corrected chi connectivity index (χ3v) is 6.20. The first-order chi connectivity index (χ1) is 9.40. The van der Waals surface area contributed by atoms with Gasteiger partial charge in [-0.15, -0.1) is 11.6 Å². The molecule has 1 aliphatic rings. The molecule has 1 aromatic carbocycles. The van der Waals surface area contributed by atoms with Gasteiger partial charge in [0.15, 0.2) is 0 Å². The lowest BCUT2D eigenvalue weighted by molar-refractivity contribution is 0.155. The van der Waals surface area contributed by atoms with Gasteiger partial charge in [-0.05, 0) is 52.9 Å². The van der Waals surface area contributed by atoms with Crippen molar-refractivity contribution < 1.29 is 13.2 Å². The zero-order valence-corrected chi connectivity index (χ0v) is 14.5. The average Bonchev–Trinajstić information content (AvgIpc) is 2.40. The number of sulfone groups is 1. The van der Waals surface area contributed by atoms with Crippen LogP contribution in [0.3, 0.4) is 0 Å². The van der Waals surface area contributed by atoms with Gasteiger partial charge in [0.25, 0.3) is 0 Å². The first-order valence-electron chi connectivity index (χ1n) is 6.60. The molecular weight excluding hydrogens is 364 g/mol. The van der Waals surface area contributed by atoms with Crippen LogP contribution in [0, 0.1) is 0 Å². The topological polar surface area (TPSA) is 43.4 Å². The number of ether oxygens (including phenoxy) is 1. The van der Waals surface area contributed by atoms with Gasteiger partial charge in [-0.3, -0.25) is 0 Å². The van der Waals surface area contributed by atoms with Gasteiger partial charge in [0.1, 0.15) is 21.7 Å². The summed E-state index contributed by atoms with van der Waals surface area (Å²) in [6.45, 7) is 0. The summed E-state index contributed by atoms with van der Waals surface area (Å²) in [5, 5.41) is -0.276.